The zero-order valence-electron chi connectivity index (χ0n) is 21.9. The van der Waals surface area contributed by atoms with E-state index in [1.807, 2.05) is 18.2 Å². The Hall–Kier alpha value is -2.71. The van der Waals surface area contributed by atoms with Gasteiger partial charge in [-0.05, 0) is 65.6 Å². The Morgan fingerprint density at radius 2 is 1.78 bits per heavy atom. The highest BCUT2D eigenvalue weighted by Gasteiger charge is 2.34. The van der Waals surface area contributed by atoms with Crippen LogP contribution in [0.2, 0.25) is 0 Å². The lowest BCUT2D eigenvalue weighted by atomic mass is 9.70. The monoisotopic (exact) mass is 524 g/mol. The van der Waals surface area contributed by atoms with E-state index >= 15 is 0 Å². The molecule has 7 nitrogen and oxygen atoms in total. The maximum absolute atomic E-state index is 12.8. The molecule has 1 saturated heterocycles. The molecule has 0 aromatic heterocycles. The van der Waals surface area contributed by atoms with Gasteiger partial charge >= 0.3 is 0 Å². The predicted molar refractivity (Wildman–Crippen MR) is 147 cm³/mol. The van der Waals surface area contributed by atoms with Gasteiger partial charge in [0.15, 0.2) is 16.7 Å². The van der Waals surface area contributed by atoms with Crippen LogP contribution in [0.25, 0.3) is 11.1 Å². The molecular formula is C29H36N2O5S. The molecule has 0 bridgehead atoms. The van der Waals surface area contributed by atoms with E-state index in [-0.39, 0.29) is 22.3 Å². The van der Waals surface area contributed by atoms with Crippen LogP contribution in [0.1, 0.15) is 50.2 Å². The molecular weight excluding hydrogens is 488 g/mol. The molecule has 2 aliphatic heterocycles. The van der Waals surface area contributed by atoms with E-state index in [4.69, 9.17) is 14.2 Å². The number of aliphatic imine (C=N–C) groups is 1. The van der Waals surface area contributed by atoms with E-state index < -0.39 is 0 Å². The molecule has 2 heterocycles. The van der Waals surface area contributed by atoms with Crippen molar-refractivity contribution in [2.75, 3.05) is 40.5 Å². The Morgan fingerprint density at radius 3 is 2.49 bits per heavy atom. The van der Waals surface area contributed by atoms with Gasteiger partial charge in [0.25, 0.3) is 5.91 Å². The van der Waals surface area contributed by atoms with E-state index in [2.05, 4.69) is 28.9 Å². The van der Waals surface area contributed by atoms with Crippen molar-refractivity contribution in [1.29, 1.82) is 0 Å². The summed E-state index contributed by atoms with van der Waals surface area (Å²) in [5.41, 5.74) is 3.96. The topological polar surface area (TPSA) is 80.6 Å². The standard InChI is InChI=1S/C29H36N2O5S/c1-29(9-5-4-6-10-29)22-16-19(7-8-23(22)34-2)20-15-21(26(32)24(17-20)35-3)18-25-27(33)30-28(37-25)31-11-13-36-14-12-31/h7-8,15-17,25,32H,4-6,9-14,18H2,1-3H3. The lowest BCUT2D eigenvalue weighted by molar-refractivity contribution is -0.117. The van der Waals surface area contributed by atoms with Crippen molar-refractivity contribution in [2.45, 2.75) is 56.1 Å². The van der Waals surface area contributed by atoms with E-state index in [0.29, 0.717) is 30.9 Å². The average Bonchev–Trinajstić information content (AvgIpc) is 3.30. The first-order chi connectivity index (χ1) is 17.9. The van der Waals surface area contributed by atoms with Gasteiger partial charge in [-0.1, -0.05) is 44.0 Å². The normalized spacial score (nSPS) is 21.6. The van der Waals surface area contributed by atoms with Crippen molar-refractivity contribution in [1.82, 2.24) is 4.90 Å². The number of hydrogen-bond donors (Lipinski definition) is 1. The molecule has 3 aliphatic rings. The van der Waals surface area contributed by atoms with Gasteiger partial charge < -0.3 is 24.2 Å². The summed E-state index contributed by atoms with van der Waals surface area (Å²) >= 11 is 1.47. The number of phenols is 1. The molecule has 1 N–H and O–H groups in total. The van der Waals surface area contributed by atoms with Crippen LogP contribution < -0.4 is 9.47 Å². The Bertz CT molecular complexity index is 1190. The molecule has 2 fully saturated rings. The van der Waals surface area contributed by atoms with Crippen molar-refractivity contribution in [3.63, 3.8) is 0 Å². The van der Waals surface area contributed by atoms with Gasteiger partial charge in [0.05, 0.1) is 32.7 Å². The van der Waals surface area contributed by atoms with Crippen molar-refractivity contribution in [2.24, 2.45) is 4.99 Å². The van der Waals surface area contributed by atoms with Crippen LogP contribution in [-0.4, -0.2) is 66.9 Å². The highest BCUT2D eigenvalue weighted by atomic mass is 32.2. The lowest BCUT2D eigenvalue weighted by Gasteiger charge is -2.35. The molecule has 2 aromatic carbocycles. The molecule has 1 aliphatic carbocycles. The maximum atomic E-state index is 12.8. The molecule has 1 amide bonds. The zero-order chi connectivity index (χ0) is 26.0. The van der Waals surface area contributed by atoms with Gasteiger partial charge in [0.2, 0.25) is 0 Å². The number of aromatic hydroxyl groups is 1. The number of morpholine rings is 1. The first-order valence-electron chi connectivity index (χ1n) is 13.1. The minimum Gasteiger partial charge on any atom is -0.504 e. The number of carbonyl (C=O) groups excluding carboxylic acids is 1. The molecule has 0 radical (unpaired) electrons. The summed E-state index contributed by atoms with van der Waals surface area (Å²) in [5.74, 6) is 1.23. The van der Waals surface area contributed by atoms with Gasteiger partial charge in [-0.15, -0.1) is 0 Å². The summed E-state index contributed by atoms with van der Waals surface area (Å²) in [4.78, 5) is 19.2. The largest absolute Gasteiger partial charge is 0.504 e. The minimum atomic E-state index is -0.378. The first-order valence-corrected chi connectivity index (χ1v) is 14.0. The van der Waals surface area contributed by atoms with Crippen molar-refractivity contribution in [3.05, 3.63) is 41.5 Å². The second kappa shape index (κ2) is 11.0. The fourth-order valence-electron chi connectivity index (χ4n) is 5.70. The van der Waals surface area contributed by atoms with Crippen LogP contribution >= 0.6 is 11.8 Å². The number of hydrogen-bond acceptors (Lipinski definition) is 7. The smallest absolute Gasteiger partial charge is 0.262 e. The van der Waals surface area contributed by atoms with Crippen LogP contribution in [0.3, 0.4) is 0 Å². The van der Waals surface area contributed by atoms with E-state index in [9.17, 15) is 9.90 Å². The molecule has 1 saturated carbocycles. The first kappa shape index (κ1) is 25.9. The predicted octanol–water partition coefficient (Wildman–Crippen LogP) is 5.17. The Labute approximate surface area is 223 Å². The summed E-state index contributed by atoms with van der Waals surface area (Å²) in [6, 6.07) is 10.2. The third kappa shape index (κ3) is 5.32. The molecule has 8 heteroatoms. The van der Waals surface area contributed by atoms with Gasteiger partial charge in [-0.2, -0.15) is 4.99 Å². The van der Waals surface area contributed by atoms with Crippen LogP contribution in [0.4, 0.5) is 0 Å². The number of methoxy groups -OCH3 is 2. The second-order valence-electron chi connectivity index (χ2n) is 10.4. The summed E-state index contributed by atoms with van der Waals surface area (Å²) in [5, 5.41) is 11.3. The maximum Gasteiger partial charge on any atom is 0.262 e. The molecule has 37 heavy (non-hydrogen) atoms. The number of amides is 1. The SMILES string of the molecule is COc1ccc(-c2cc(CC3SC(N4CCOCC4)=NC3=O)c(O)c(OC)c2)cc1C1(C)CCCCC1. The summed E-state index contributed by atoms with van der Waals surface area (Å²) in [6.45, 7) is 5.09. The Kier molecular flexibility index (Phi) is 7.67. The highest BCUT2D eigenvalue weighted by Crippen LogP contribution is 2.45. The Morgan fingerprint density at radius 1 is 1.05 bits per heavy atom. The summed E-state index contributed by atoms with van der Waals surface area (Å²) < 4.78 is 16.8. The highest BCUT2D eigenvalue weighted by molar-refractivity contribution is 8.15. The molecule has 1 atom stereocenters. The lowest BCUT2D eigenvalue weighted by Crippen LogP contribution is -2.39. The van der Waals surface area contributed by atoms with E-state index in [1.165, 1.54) is 36.6 Å². The average molecular weight is 525 g/mol. The fraction of sp³-hybridized carbons (Fsp3) is 0.517. The zero-order valence-corrected chi connectivity index (χ0v) is 22.7. The number of thioether (sulfide) groups is 1. The number of amidine groups is 1. The van der Waals surface area contributed by atoms with Gasteiger partial charge in [0.1, 0.15) is 5.75 Å². The van der Waals surface area contributed by atoms with Gasteiger partial charge in [-0.3, -0.25) is 4.79 Å². The molecule has 5 rings (SSSR count). The fourth-order valence-corrected chi connectivity index (χ4v) is 6.85. The summed E-state index contributed by atoms with van der Waals surface area (Å²) in [6.07, 6.45) is 6.39. The molecule has 0 spiro atoms. The quantitative estimate of drug-likeness (QED) is 0.558. The third-order valence-electron chi connectivity index (χ3n) is 7.93. The van der Waals surface area contributed by atoms with Crippen molar-refractivity contribution < 1.29 is 24.1 Å². The number of phenolic OH excluding ortho intramolecular Hbond substituents is 1. The van der Waals surface area contributed by atoms with Crippen molar-refractivity contribution in [3.8, 4) is 28.4 Å². The van der Waals surface area contributed by atoms with Crippen LogP contribution in [0.5, 0.6) is 17.2 Å². The van der Waals surface area contributed by atoms with Crippen LogP contribution in [-0.2, 0) is 21.4 Å². The third-order valence-corrected chi connectivity index (χ3v) is 9.14. The van der Waals surface area contributed by atoms with Gasteiger partial charge in [0, 0.05) is 18.7 Å². The molecule has 2 aromatic rings. The summed E-state index contributed by atoms with van der Waals surface area (Å²) in [7, 11) is 3.29. The van der Waals surface area contributed by atoms with Crippen LogP contribution in [0, 0.1) is 0 Å². The van der Waals surface area contributed by atoms with Gasteiger partial charge in [-0.25, -0.2) is 0 Å². The van der Waals surface area contributed by atoms with Crippen molar-refractivity contribution >= 4 is 22.8 Å². The number of carbonyl (C=O) groups is 1. The number of nitrogens with zero attached hydrogens (tertiary/aromatic N) is 2. The minimum absolute atomic E-state index is 0.0730. The molecule has 1 unspecified atom stereocenters. The van der Waals surface area contributed by atoms with E-state index in [1.54, 1.807) is 14.2 Å². The number of rotatable bonds is 6. The van der Waals surface area contributed by atoms with E-state index in [0.717, 1.165) is 48.0 Å². The van der Waals surface area contributed by atoms with Crippen LogP contribution in [0.15, 0.2) is 35.3 Å². The molecule has 198 valence electrons. The number of ether oxygens (including phenoxy) is 3. The number of benzene rings is 2. The Balaban J connectivity index is 1.44. The second-order valence-corrected chi connectivity index (χ2v) is 11.5.